The number of anilines is 1. The van der Waals surface area contributed by atoms with Gasteiger partial charge in [0, 0.05) is 30.5 Å². The second kappa shape index (κ2) is 5.09. The predicted octanol–water partition coefficient (Wildman–Crippen LogP) is 4.22. The number of hydrogen-bond donors (Lipinski definition) is 0. The van der Waals surface area contributed by atoms with Crippen molar-refractivity contribution in [2.45, 2.75) is 31.7 Å². The topological polar surface area (TPSA) is 45.8 Å². The van der Waals surface area contributed by atoms with Crippen LogP contribution < -0.4 is 4.90 Å². The van der Waals surface area contributed by atoms with Gasteiger partial charge in [-0.3, -0.25) is 9.79 Å². The number of carbonyl (C=O) groups excluding carboxylic acids is 1. The fourth-order valence-corrected chi connectivity index (χ4v) is 5.38. The van der Waals surface area contributed by atoms with Gasteiger partial charge in [0.25, 0.3) is 0 Å². The summed E-state index contributed by atoms with van der Waals surface area (Å²) in [6.45, 7) is 7.18. The highest BCUT2D eigenvalue weighted by Crippen LogP contribution is 2.54. The highest BCUT2D eigenvalue weighted by atomic mass is 19.1. The molecule has 1 aromatic heterocycles. The molecule has 0 N–H and O–H groups in total. The first kappa shape index (κ1) is 15.6. The minimum absolute atomic E-state index is 0.143. The SMILES string of the molecule is C=NC1C2CN(c3cc4c(cc3F)-c3occ(C)c3C(=O)C4C3CC3)CC21. The van der Waals surface area contributed by atoms with Gasteiger partial charge in [-0.05, 0) is 55.7 Å². The maximum atomic E-state index is 15.1. The van der Waals surface area contributed by atoms with Gasteiger partial charge >= 0.3 is 0 Å². The Hall–Kier alpha value is -2.43. The third-order valence-corrected chi connectivity index (χ3v) is 7.00. The Balaban J connectivity index is 1.46. The van der Waals surface area contributed by atoms with Gasteiger partial charge in [-0.2, -0.15) is 0 Å². The van der Waals surface area contributed by atoms with Crippen molar-refractivity contribution < 1.29 is 13.6 Å². The van der Waals surface area contributed by atoms with Gasteiger partial charge in [-0.1, -0.05) is 0 Å². The number of aliphatic imine (C=N–C) groups is 1. The molecule has 3 aliphatic carbocycles. The third kappa shape index (κ3) is 2.03. The number of rotatable bonds is 3. The molecule has 2 heterocycles. The molecular formula is C22H21FN2O2. The first-order valence-corrected chi connectivity index (χ1v) is 9.75. The summed E-state index contributed by atoms with van der Waals surface area (Å²) in [6, 6.07) is 3.85. The number of hydrogen-bond acceptors (Lipinski definition) is 4. The quantitative estimate of drug-likeness (QED) is 0.766. The van der Waals surface area contributed by atoms with Crippen LogP contribution in [0.25, 0.3) is 11.3 Å². The molecule has 2 saturated carbocycles. The maximum Gasteiger partial charge on any atom is 0.174 e. The fraction of sp³-hybridized carbons (Fsp3) is 0.455. The van der Waals surface area contributed by atoms with Crippen molar-refractivity contribution in [1.82, 2.24) is 0 Å². The number of aryl methyl sites for hydroxylation is 1. The van der Waals surface area contributed by atoms with Crippen LogP contribution in [0.3, 0.4) is 0 Å². The summed E-state index contributed by atoms with van der Waals surface area (Å²) in [6.07, 6.45) is 3.74. The molecular weight excluding hydrogens is 343 g/mol. The van der Waals surface area contributed by atoms with Gasteiger partial charge in [0.05, 0.1) is 29.5 Å². The molecule has 1 aliphatic heterocycles. The Morgan fingerprint density at radius 1 is 1.26 bits per heavy atom. The van der Waals surface area contributed by atoms with Crippen molar-refractivity contribution in [3.63, 3.8) is 0 Å². The number of ketones is 1. The van der Waals surface area contributed by atoms with Gasteiger partial charge in [0.15, 0.2) is 5.78 Å². The number of Topliss-reactive ketones (excluding diaryl/α,β-unsaturated/α-hetero) is 1. The minimum Gasteiger partial charge on any atom is -0.463 e. The van der Waals surface area contributed by atoms with E-state index in [2.05, 4.69) is 16.6 Å². The van der Waals surface area contributed by atoms with Gasteiger partial charge in [0.2, 0.25) is 0 Å². The highest BCUT2D eigenvalue weighted by molar-refractivity contribution is 6.10. The van der Waals surface area contributed by atoms with Gasteiger partial charge in [-0.15, -0.1) is 0 Å². The van der Waals surface area contributed by atoms with Crippen LogP contribution in [0.2, 0.25) is 0 Å². The van der Waals surface area contributed by atoms with Crippen molar-refractivity contribution in [3.05, 3.63) is 40.9 Å². The normalized spacial score (nSPS) is 30.7. The van der Waals surface area contributed by atoms with Crippen LogP contribution in [0.1, 0.15) is 40.2 Å². The minimum atomic E-state index is -0.234. The largest absolute Gasteiger partial charge is 0.463 e. The van der Waals surface area contributed by atoms with E-state index < -0.39 is 0 Å². The van der Waals surface area contributed by atoms with Crippen molar-refractivity contribution in [2.75, 3.05) is 18.0 Å². The van der Waals surface area contributed by atoms with E-state index in [1.54, 1.807) is 12.3 Å². The molecule has 0 amide bonds. The predicted molar refractivity (Wildman–Crippen MR) is 101 cm³/mol. The summed E-state index contributed by atoms with van der Waals surface area (Å²) in [4.78, 5) is 19.5. The van der Waals surface area contributed by atoms with Crippen LogP contribution in [0, 0.1) is 30.5 Å². The average Bonchev–Trinajstić information content (AvgIpc) is 3.52. The lowest BCUT2D eigenvalue weighted by molar-refractivity contribution is 0.0946. The molecule has 3 unspecified atom stereocenters. The van der Waals surface area contributed by atoms with Crippen molar-refractivity contribution in [2.24, 2.45) is 22.7 Å². The lowest BCUT2D eigenvalue weighted by Gasteiger charge is -2.28. The molecule has 0 radical (unpaired) electrons. The number of piperidine rings is 1. The van der Waals surface area contributed by atoms with Crippen molar-refractivity contribution in [3.8, 4) is 11.3 Å². The molecule has 0 spiro atoms. The van der Waals surface area contributed by atoms with E-state index in [9.17, 15) is 4.79 Å². The van der Waals surface area contributed by atoms with E-state index in [1.165, 1.54) is 0 Å². The third-order valence-electron chi connectivity index (χ3n) is 7.00. The summed E-state index contributed by atoms with van der Waals surface area (Å²) < 4.78 is 20.8. The first-order chi connectivity index (χ1) is 13.1. The molecule has 5 heteroatoms. The van der Waals surface area contributed by atoms with Crippen LogP contribution >= 0.6 is 0 Å². The van der Waals surface area contributed by atoms with E-state index >= 15 is 4.39 Å². The Morgan fingerprint density at radius 3 is 2.67 bits per heavy atom. The van der Waals surface area contributed by atoms with Crippen LogP contribution in [-0.2, 0) is 0 Å². The molecule has 1 saturated heterocycles. The zero-order valence-corrected chi connectivity index (χ0v) is 15.2. The molecule has 138 valence electrons. The number of fused-ring (bicyclic) bond motifs is 4. The molecule has 3 fully saturated rings. The van der Waals surface area contributed by atoms with Crippen LogP contribution in [-0.4, -0.2) is 31.6 Å². The molecule has 27 heavy (non-hydrogen) atoms. The average molecular weight is 364 g/mol. The summed E-state index contributed by atoms with van der Waals surface area (Å²) in [7, 11) is 0. The maximum absolute atomic E-state index is 15.1. The van der Waals surface area contributed by atoms with Gasteiger partial charge in [0.1, 0.15) is 11.6 Å². The second-order valence-corrected chi connectivity index (χ2v) is 8.60. The van der Waals surface area contributed by atoms with Crippen molar-refractivity contribution in [1.29, 1.82) is 0 Å². The summed E-state index contributed by atoms with van der Waals surface area (Å²) in [5.74, 6) is 1.65. The van der Waals surface area contributed by atoms with E-state index in [1.807, 2.05) is 13.0 Å². The van der Waals surface area contributed by atoms with E-state index in [-0.39, 0.29) is 17.5 Å². The second-order valence-electron chi connectivity index (χ2n) is 8.60. The zero-order chi connectivity index (χ0) is 18.4. The number of halogens is 1. The molecule has 3 atom stereocenters. The summed E-state index contributed by atoms with van der Waals surface area (Å²) in [5, 5.41) is 0. The molecule has 4 aliphatic rings. The van der Waals surface area contributed by atoms with Crippen LogP contribution in [0.5, 0.6) is 0 Å². The zero-order valence-electron chi connectivity index (χ0n) is 15.2. The Bertz CT molecular complexity index is 994. The molecule has 0 bridgehead atoms. The van der Waals surface area contributed by atoms with Crippen LogP contribution in [0.15, 0.2) is 27.8 Å². The van der Waals surface area contributed by atoms with Gasteiger partial charge in [-0.25, -0.2) is 4.39 Å². The molecule has 1 aromatic carbocycles. The fourth-order valence-electron chi connectivity index (χ4n) is 5.38. The van der Waals surface area contributed by atoms with E-state index in [4.69, 9.17) is 4.42 Å². The monoisotopic (exact) mass is 364 g/mol. The lowest BCUT2D eigenvalue weighted by atomic mass is 9.77. The summed E-state index contributed by atoms with van der Waals surface area (Å²) >= 11 is 0. The smallest absolute Gasteiger partial charge is 0.174 e. The Morgan fingerprint density at radius 2 is 2.00 bits per heavy atom. The van der Waals surface area contributed by atoms with Crippen LogP contribution in [0.4, 0.5) is 10.1 Å². The van der Waals surface area contributed by atoms with E-state index in [0.717, 1.165) is 42.6 Å². The van der Waals surface area contributed by atoms with Gasteiger partial charge < -0.3 is 9.32 Å². The van der Waals surface area contributed by atoms with E-state index in [0.29, 0.717) is 40.8 Å². The molecule has 6 rings (SSSR count). The number of carbonyl (C=O) groups is 1. The number of benzene rings is 1. The molecule has 2 aromatic rings. The Labute approximate surface area is 157 Å². The lowest BCUT2D eigenvalue weighted by Crippen LogP contribution is -2.27. The number of furan rings is 1. The molecule has 4 nitrogen and oxygen atoms in total. The Kier molecular flexibility index (Phi) is 2.94. The highest BCUT2D eigenvalue weighted by Gasteiger charge is 2.56. The standard InChI is InChI=1S/C22H21FN2O2/c1-10-9-27-22-13-5-16(23)17(25-7-14-15(8-25)20(14)24-2)6-12(13)19(11-3-4-11)21(26)18(10)22/h5-6,9,11,14-15,19-20H,2-4,7-8H2,1H3. The summed E-state index contributed by atoms with van der Waals surface area (Å²) in [5.41, 5.74) is 3.81. The number of nitrogens with zero attached hydrogens (tertiary/aromatic N) is 2. The first-order valence-electron chi connectivity index (χ1n) is 9.75. The van der Waals surface area contributed by atoms with Crippen molar-refractivity contribution >= 4 is 18.2 Å².